The van der Waals surface area contributed by atoms with E-state index in [1.807, 2.05) is 0 Å². The molecule has 1 saturated heterocycles. The normalized spacial score (nSPS) is 19.8. The first-order valence-corrected chi connectivity index (χ1v) is 7.06. The Kier molecular flexibility index (Phi) is 4.89. The van der Waals surface area contributed by atoms with Gasteiger partial charge in [-0.15, -0.1) is 0 Å². The second-order valence-corrected chi connectivity index (χ2v) is 5.43. The number of ketones is 1. The smallest absolute Gasteiger partial charge is 0.163 e. The summed E-state index contributed by atoms with van der Waals surface area (Å²) < 4.78 is 19.0. The van der Waals surface area contributed by atoms with E-state index in [4.69, 9.17) is 4.74 Å². The van der Waals surface area contributed by atoms with E-state index in [1.165, 1.54) is 18.6 Å². The fraction of sp³-hybridized carbons (Fsp3) is 0.500. The minimum Gasteiger partial charge on any atom is -0.378 e. The van der Waals surface area contributed by atoms with E-state index in [0.717, 1.165) is 25.9 Å². The topological polar surface area (TPSA) is 26.3 Å². The van der Waals surface area contributed by atoms with Gasteiger partial charge in [-0.1, -0.05) is 0 Å². The third-order valence-corrected chi connectivity index (χ3v) is 3.82. The lowest BCUT2D eigenvalue weighted by Crippen LogP contribution is -2.20. The van der Waals surface area contributed by atoms with E-state index in [9.17, 15) is 9.18 Å². The van der Waals surface area contributed by atoms with Gasteiger partial charge in [0.05, 0.1) is 10.6 Å². The number of carbonyl (C=O) groups excluding carboxylic acids is 1. The molecule has 0 radical (unpaired) electrons. The second-order valence-electron chi connectivity index (χ2n) is 4.58. The van der Waals surface area contributed by atoms with E-state index < -0.39 is 0 Å². The molecule has 4 heteroatoms. The van der Waals surface area contributed by atoms with Crippen LogP contribution in [0.3, 0.4) is 0 Å². The monoisotopic (exact) mass is 314 g/mol. The Morgan fingerprint density at radius 2 is 2.28 bits per heavy atom. The summed E-state index contributed by atoms with van der Waals surface area (Å²) in [5.74, 6) is -0.299. The molecular formula is C14H16BrFO2. The van der Waals surface area contributed by atoms with Crippen LogP contribution in [0.5, 0.6) is 0 Å². The van der Waals surface area contributed by atoms with E-state index in [-0.39, 0.29) is 17.7 Å². The molecule has 18 heavy (non-hydrogen) atoms. The SMILES string of the molecule is O=C(CCC1CCCCO1)c1ccc(F)c(Br)c1. The molecule has 1 aliphatic heterocycles. The molecule has 0 N–H and O–H groups in total. The molecule has 2 rings (SSSR count). The highest BCUT2D eigenvalue weighted by molar-refractivity contribution is 9.10. The van der Waals surface area contributed by atoms with Crippen molar-refractivity contribution in [2.75, 3.05) is 6.61 Å². The predicted octanol–water partition coefficient (Wildman–Crippen LogP) is 4.12. The number of rotatable bonds is 4. The zero-order valence-electron chi connectivity index (χ0n) is 10.1. The molecule has 0 amide bonds. The molecule has 1 heterocycles. The van der Waals surface area contributed by atoms with Crippen LogP contribution >= 0.6 is 15.9 Å². The first kappa shape index (κ1) is 13.7. The van der Waals surface area contributed by atoms with Crippen LogP contribution < -0.4 is 0 Å². The number of benzene rings is 1. The van der Waals surface area contributed by atoms with Crippen molar-refractivity contribution in [3.05, 3.63) is 34.1 Å². The highest BCUT2D eigenvalue weighted by Crippen LogP contribution is 2.21. The Bertz CT molecular complexity index is 428. The summed E-state index contributed by atoms with van der Waals surface area (Å²) in [5, 5.41) is 0. The van der Waals surface area contributed by atoms with Gasteiger partial charge < -0.3 is 4.74 Å². The van der Waals surface area contributed by atoms with Crippen molar-refractivity contribution in [2.24, 2.45) is 0 Å². The molecule has 98 valence electrons. The van der Waals surface area contributed by atoms with Crippen LogP contribution in [0.2, 0.25) is 0 Å². The van der Waals surface area contributed by atoms with Crippen molar-refractivity contribution in [1.82, 2.24) is 0 Å². The lowest BCUT2D eigenvalue weighted by atomic mass is 10.0. The van der Waals surface area contributed by atoms with Gasteiger partial charge in [-0.05, 0) is 59.8 Å². The molecule has 0 aromatic heterocycles. The van der Waals surface area contributed by atoms with Crippen LogP contribution in [0.1, 0.15) is 42.5 Å². The largest absolute Gasteiger partial charge is 0.378 e. The van der Waals surface area contributed by atoms with Crippen molar-refractivity contribution >= 4 is 21.7 Å². The van der Waals surface area contributed by atoms with Crippen molar-refractivity contribution in [2.45, 2.75) is 38.2 Å². The average Bonchev–Trinajstić information content (AvgIpc) is 2.40. The Balaban J connectivity index is 1.88. The van der Waals surface area contributed by atoms with Crippen LogP contribution in [-0.4, -0.2) is 18.5 Å². The molecule has 1 aliphatic rings. The van der Waals surface area contributed by atoms with Gasteiger partial charge in [0.25, 0.3) is 0 Å². The fourth-order valence-electron chi connectivity index (χ4n) is 2.14. The number of hydrogen-bond donors (Lipinski definition) is 0. The third-order valence-electron chi connectivity index (χ3n) is 3.21. The minimum atomic E-state index is -0.345. The zero-order chi connectivity index (χ0) is 13.0. The molecule has 1 aromatic rings. The molecule has 0 bridgehead atoms. The Morgan fingerprint density at radius 3 is 2.94 bits per heavy atom. The van der Waals surface area contributed by atoms with Crippen molar-refractivity contribution < 1.29 is 13.9 Å². The van der Waals surface area contributed by atoms with E-state index in [1.54, 1.807) is 6.07 Å². The number of carbonyl (C=O) groups is 1. The summed E-state index contributed by atoms with van der Waals surface area (Å²) >= 11 is 3.09. The van der Waals surface area contributed by atoms with Crippen LogP contribution in [0.4, 0.5) is 4.39 Å². The van der Waals surface area contributed by atoms with Gasteiger partial charge in [0.15, 0.2) is 5.78 Å². The maximum atomic E-state index is 13.1. The van der Waals surface area contributed by atoms with Crippen LogP contribution in [0, 0.1) is 5.82 Å². The predicted molar refractivity (Wildman–Crippen MR) is 71.3 cm³/mol. The molecule has 1 aromatic carbocycles. The van der Waals surface area contributed by atoms with Crippen molar-refractivity contribution in [1.29, 1.82) is 0 Å². The number of Topliss-reactive ketones (excluding diaryl/α,β-unsaturated/α-hetero) is 1. The Morgan fingerprint density at radius 1 is 1.44 bits per heavy atom. The summed E-state index contributed by atoms with van der Waals surface area (Å²) in [4.78, 5) is 12.0. The van der Waals surface area contributed by atoms with Gasteiger partial charge in [-0.2, -0.15) is 0 Å². The maximum absolute atomic E-state index is 13.1. The first-order valence-electron chi connectivity index (χ1n) is 6.26. The highest BCUT2D eigenvalue weighted by atomic mass is 79.9. The third kappa shape index (κ3) is 3.62. The Labute approximate surface area is 115 Å². The number of halogens is 2. The van der Waals surface area contributed by atoms with Crippen LogP contribution in [0.25, 0.3) is 0 Å². The molecular weight excluding hydrogens is 299 g/mol. The standard InChI is InChI=1S/C14H16BrFO2/c15-12-9-10(4-6-13(12)16)14(17)7-5-11-3-1-2-8-18-11/h4,6,9,11H,1-3,5,7-8H2. The second kappa shape index (κ2) is 6.43. The fourth-order valence-corrected chi connectivity index (χ4v) is 2.52. The molecule has 0 saturated carbocycles. The quantitative estimate of drug-likeness (QED) is 0.781. The van der Waals surface area contributed by atoms with Gasteiger partial charge >= 0.3 is 0 Å². The molecule has 1 unspecified atom stereocenters. The maximum Gasteiger partial charge on any atom is 0.163 e. The summed E-state index contributed by atoms with van der Waals surface area (Å²) in [6.45, 7) is 0.807. The lowest BCUT2D eigenvalue weighted by Gasteiger charge is -2.22. The summed E-state index contributed by atoms with van der Waals surface area (Å²) in [5.41, 5.74) is 0.555. The van der Waals surface area contributed by atoms with E-state index in [0.29, 0.717) is 16.5 Å². The molecule has 1 atom stereocenters. The average molecular weight is 315 g/mol. The lowest BCUT2D eigenvalue weighted by molar-refractivity contribution is 0.0104. The molecule has 2 nitrogen and oxygen atoms in total. The molecule has 0 spiro atoms. The minimum absolute atomic E-state index is 0.0462. The van der Waals surface area contributed by atoms with Crippen LogP contribution in [-0.2, 0) is 4.74 Å². The highest BCUT2D eigenvalue weighted by Gasteiger charge is 2.16. The van der Waals surface area contributed by atoms with Gasteiger partial charge in [-0.25, -0.2) is 4.39 Å². The van der Waals surface area contributed by atoms with Crippen molar-refractivity contribution in [3.63, 3.8) is 0 Å². The van der Waals surface area contributed by atoms with Crippen molar-refractivity contribution in [3.8, 4) is 0 Å². The Hall–Kier alpha value is -0.740. The summed E-state index contributed by atoms with van der Waals surface area (Å²) in [6.07, 6.45) is 4.78. The first-order chi connectivity index (χ1) is 8.66. The zero-order valence-corrected chi connectivity index (χ0v) is 11.7. The van der Waals surface area contributed by atoms with E-state index in [2.05, 4.69) is 15.9 Å². The van der Waals surface area contributed by atoms with Gasteiger partial charge in [0, 0.05) is 18.6 Å². The number of hydrogen-bond acceptors (Lipinski definition) is 2. The van der Waals surface area contributed by atoms with Gasteiger partial charge in [-0.3, -0.25) is 4.79 Å². The molecule has 1 fully saturated rings. The van der Waals surface area contributed by atoms with E-state index >= 15 is 0 Å². The van der Waals surface area contributed by atoms with Gasteiger partial charge in [0.2, 0.25) is 0 Å². The summed E-state index contributed by atoms with van der Waals surface area (Å²) in [6, 6.07) is 4.39. The number of ether oxygens (including phenoxy) is 1. The van der Waals surface area contributed by atoms with Crippen LogP contribution in [0.15, 0.2) is 22.7 Å². The molecule has 0 aliphatic carbocycles. The summed E-state index contributed by atoms with van der Waals surface area (Å²) in [7, 11) is 0. The van der Waals surface area contributed by atoms with Gasteiger partial charge in [0.1, 0.15) is 5.82 Å².